The fourth-order valence-electron chi connectivity index (χ4n) is 1.80. The summed E-state index contributed by atoms with van der Waals surface area (Å²) in [5.74, 6) is -1.61. The summed E-state index contributed by atoms with van der Waals surface area (Å²) < 4.78 is 33.2. The van der Waals surface area contributed by atoms with Gasteiger partial charge in [-0.05, 0) is 41.9 Å². The minimum absolute atomic E-state index is 0.0639. The molecule has 0 saturated carbocycles. The molecule has 2 aromatic rings. The van der Waals surface area contributed by atoms with E-state index < -0.39 is 17.6 Å². The first-order valence-electron chi connectivity index (χ1n) is 5.82. The van der Waals surface area contributed by atoms with Crippen molar-refractivity contribution in [3.05, 3.63) is 46.0 Å². The highest BCUT2D eigenvalue weighted by molar-refractivity contribution is 9.10. The Morgan fingerprint density at radius 3 is 2.50 bits per heavy atom. The van der Waals surface area contributed by atoms with Crippen LogP contribution in [-0.4, -0.2) is 22.1 Å². The molecule has 0 atom stereocenters. The molecule has 0 saturated heterocycles. The van der Waals surface area contributed by atoms with E-state index in [1.807, 2.05) is 0 Å². The van der Waals surface area contributed by atoms with Crippen LogP contribution in [0.25, 0.3) is 5.69 Å². The minimum atomic E-state index is -0.710. The van der Waals surface area contributed by atoms with Crippen molar-refractivity contribution in [1.82, 2.24) is 9.55 Å². The molecule has 0 radical (unpaired) electrons. The first kappa shape index (κ1) is 14.6. The lowest BCUT2D eigenvalue weighted by Crippen LogP contribution is -2.06. The summed E-state index contributed by atoms with van der Waals surface area (Å²) in [6, 6.07) is 3.07. The van der Waals surface area contributed by atoms with Crippen LogP contribution in [0.15, 0.2) is 22.8 Å². The second-order valence-corrected chi connectivity index (χ2v) is 4.73. The van der Waals surface area contributed by atoms with E-state index in [1.165, 1.54) is 4.57 Å². The predicted molar refractivity (Wildman–Crippen MR) is 71.9 cm³/mol. The molecule has 0 aliphatic rings. The van der Waals surface area contributed by atoms with Crippen molar-refractivity contribution in [1.29, 1.82) is 0 Å². The highest BCUT2D eigenvalue weighted by atomic mass is 79.9. The molecular weight excluding hydrogens is 334 g/mol. The van der Waals surface area contributed by atoms with Crippen molar-refractivity contribution in [3.8, 4) is 5.69 Å². The third-order valence-electron chi connectivity index (χ3n) is 2.56. The van der Waals surface area contributed by atoms with Crippen LogP contribution in [0.4, 0.5) is 8.78 Å². The Morgan fingerprint density at radius 2 is 1.95 bits per heavy atom. The number of aromatic nitrogens is 2. The van der Waals surface area contributed by atoms with E-state index in [0.29, 0.717) is 10.4 Å². The number of carbonyl (C=O) groups is 1. The molecule has 0 aliphatic heterocycles. The predicted octanol–water partition coefficient (Wildman–Crippen LogP) is 3.40. The van der Waals surface area contributed by atoms with Crippen LogP contribution < -0.4 is 0 Å². The van der Waals surface area contributed by atoms with Gasteiger partial charge in [-0.25, -0.2) is 18.6 Å². The van der Waals surface area contributed by atoms with Crippen molar-refractivity contribution >= 4 is 21.9 Å². The molecule has 1 heterocycles. The molecule has 1 aromatic carbocycles. The highest BCUT2D eigenvalue weighted by Gasteiger charge is 2.21. The summed E-state index contributed by atoms with van der Waals surface area (Å²) in [4.78, 5) is 15.8. The quantitative estimate of drug-likeness (QED) is 0.801. The molecule has 7 heteroatoms. The second kappa shape index (κ2) is 5.70. The number of esters is 1. The maximum Gasteiger partial charge on any atom is 0.359 e. The average Bonchev–Trinajstić information content (AvgIpc) is 2.64. The van der Waals surface area contributed by atoms with Crippen molar-refractivity contribution < 1.29 is 18.3 Å². The maximum absolute atomic E-state index is 13.3. The summed E-state index contributed by atoms with van der Waals surface area (Å²) in [6.45, 7) is 3.51. The van der Waals surface area contributed by atoms with E-state index in [0.717, 1.165) is 18.2 Å². The number of ether oxygens (including phenoxy) is 1. The normalized spacial score (nSPS) is 10.7. The van der Waals surface area contributed by atoms with Crippen LogP contribution >= 0.6 is 15.9 Å². The lowest BCUT2D eigenvalue weighted by Gasteiger charge is -2.07. The zero-order chi connectivity index (χ0) is 14.9. The van der Waals surface area contributed by atoms with Gasteiger partial charge in [0.05, 0.1) is 12.3 Å². The SMILES string of the molecule is CCOC(=O)c1nc(C)n(-c2cc(F)cc(F)c2)c1Br. The number of halogens is 3. The first-order chi connectivity index (χ1) is 9.43. The molecular formula is C13H11BrF2N2O2. The van der Waals surface area contributed by atoms with Crippen LogP contribution in [0.1, 0.15) is 23.2 Å². The summed E-state index contributed by atoms with van der Waals surface area (Å²) in [5, 5.41) is 0. The Hall–Kier alpha value is -1.76. The van der Waals surface area contributed by atoms with Crippen LogP contribution in [0, 0.1) is 18.6 Å². The molecule has 1 aromatic heterocycles. The van der Waals surface area contributed by atoms with Crippen molar-refractivity contribution in [2.75, 3.05) is 6.61 Å². The zero-order valence-corrected chi connectivity index (χ0v) is 12.4. The Balaban J connectivity index is 2.55. The lowest BCUT2D eigenvalue weighted by molar-refractivity contribution is 0.0518. The molecule has 4 nitrogen and oxygen atoms in total. The summed E-state index contributed by atoms with van der Waals surface area (Å²) in [5.41, 5.74) is 0.295. The van der Waals surface area contributed by atoms with Gasteiger partial charge in [0.15, 0.2) is 5.69 Å². The molecule has 0 bridgehead atoms. The third kappa shape index (κ3) is 2.72. The highest BCUT2D eigenvalue weighted by Crippen LogP contribution is 2.25. The number of imidazole rings is 1. The smallest absolute Gasteiger partial charge is 0.359 e. The van der Waals surface area contributed by atoms with Gasteiger partial charge in [-0.2, -0.15) is 0 Å². The van der Waals surface area contributed by atoms with Gasteiger partial charge in [0.1, 0.15) is 22.1 Å². The maximum atomic E-state index is 13.3. The number of hydrogen-bond acceptors (Lipinski definition) is 3. The van der Waals surface area contributed by atoms with Crippen LogP contribution in [0.5, 0.6) is 0 Å². The van der Waals surface area contributed by atoms with E-state index in [9.17, 15) is 13.6 Å². The Labute approximate surface area is 122 Å². The van der Waals surface area contributed by atoms with E-state index in [4.69, 9.17) is 4.74 Å². The van der Waals surface area contributed by atoms with Gasteiger partial charge in [0.25, 0.3) is 0 Å². The molecule has 106 valence electrons. The monoisotopic (exact) mass is 344 g/mol. The third-order valence-corrected chi connectivity index (χ3v) is 3.29. The van der Waals surface area contributed by atoms with Gasteiger partial charge >= 0.3 is 5.97 Å². The zero-order valence-electron chi connectivity index (χ0n) is 10.8. The average molecular weight is 345 g/mol. The fraction of sp³-hybridized carbons (Fsp3) is 0.231. The number of benzene rings is 1. The Kier molecular flexibility index (Phi) is 4.17. The summed E-state index contributed by atoms with van der Waals surface area (Å²) in [7, 11) is 0. The van der Waals surface area contributed by atoms with E-state index in [-0.39, 0.29) is 18.0 Å². The van der Waals surface area contributed by atoms with Crippen molar-refractivity contribution in [2.45, 2.75) is 13.8 Å². The second-order valence-electron chi connectivity index (χ2n) is 3.98. The standard InChI is InChI=1S/C13H11BrF2N2O2/c1-3-20-13(19)11-12(14)18(7(2)17-11)10-5-8(15)4-9(16)6-10/h4-6H,3H2,1-2H3. The number of aryl methyl sites for hydroxylation is 1. The molecule has 2 rings (SSSR count). The first-order valence-corrected chi connectivity index (χ1v) is 6.61. The number of nitrogens with zero attached hydrogens (tertiary/aromatic N) is 2. The lowest BCUT2D eigenvalue weighted by atomic mass is 10.3. The molecule has 0 amide bonds. The number of carbonyl (C=O) groups excluding carboxylic acids is 1. The molecule has 0 spiro atoms. The number of rotatable bonds is 3. The van der Waals surface area contributed by atoms with Gasteiger partial charge in [0, 0.05) is 6.07 Å². The van der Waals surface area contributed by atoms with Crippen molar-refractivity contribution in [2.24, 2.45) is 0 Å². The fourth-order valence-corrected chi connectivity index (χ4v) is 2.52. The van der Waals surface area contributed by atoms with Gasteiger partial charge < -0.3 is 4.74 Å². The topological polar surface area (TPSA) is 44.1 Å². The van der Waals surface area contributed by atoms with Crippen LogP contribution in [0.2, 0.25) is 0 Å². The molecule has 0 fully saturated rings. The largest absolute Gasteiger partial charge is 0.461 e. The summed E-state index contributed by atoms with van der Waals surface area (Å²) in [6.07, 6.45) is 0. The van der Waals surface area contributed by atoms with Gasteiger partial charge in [-0.15, -0.1) is 0 Å². The van der Waals surface area contributed by atoms with Crippen LogP contribution in [-0.2, 0) is 4.74 Å². The molecule has 0 aliphatic carbocycles. The van der Waals surface area contributed by atoms with E-state index >= 15 is 0 Å². The number of hydrogen-bond donors (Lipinski definition) is 0. The van der Waals surface area contributed by atoms with E-state index in [2.05, 4.69) is 20.9 Å². The minimum Gasteiger partial charge on any atom is -0.461 e. The molecule has 0 N–H and O–H groups in total. The summed E-state index contributed by atoms with van der Waals surface area (Å²) >= 11 is 3.21. The molecule has 0 unspecified atom stereocenters. The molecule has 20 heavy (non-hydrogen) atoms. The van der Waals surface area contributed by atoms with Crippen molar-refractivity contribution in [3.63, 3.8) is 0 Å². The van der Waals surface area contributed by atoms with E-state index in [1.54, 1.807) is 13.8 Å². The Bertz CT molecular complexity index is 650. The Morgan fingerprint density at radius 1 is 1.35 bits per heavy atom. The van der Waals surface area contributed by atoms with Crippen LogP contribution in [0.3, 0.4) is 0 Å². The van der Waals surface area contributed by atoms with Gasteiger partial charge in [-0.3, -0.25) is 4.57 Å². The van der Waals surface area contributed by atoms with Gasteiger partial charge in [-0.1, -0.05) is 0 Å². The van der Waals surface area contributed by atoms with Gasteiger partial charge in [0.2, 0.25) is 0 Å².